The van der Waals surface area contributed by atoms with E-state index < -0.39 is 50.6 Å². The molecule has 3 aliphatic rings. The molecule has 0 aliphatic carbocycles. The van der Waals surface area contributed by atoms with E-state index in [1.54, 1.807) is 122 Å². The Morgan fingerprint density at radius 2 is 0.674 bits per heavy atom. The van der Waals surface area contributed by atoms with Gasteiger partial charge in [0.15, 0.2) is 62.0 Å². The minimum absolute atomic E-state index is 0.000644. The lowest BCUT2D eigenvalue weighted by molar-refractivity contribution is 0.0129. The molecule has 44 heteroatoms. The topological polar surface area (TPSA) is 433 Å². The molecule has 135 heavy (non-hydrogen) atoms. The third-order valence-corrected chi connectivity index (χ3v) is 29.0. The number of rotatable bonds is 24. The molecule has 10 N–H and O–H groups in total. The van der Waals surface area contributed by atoms with E-state index >= 15 is 0 Å². The lowest BCUT2D eigenvalue weighted by Gasteiger charge is -2.35. The number of nitrogens with one attached hydrogen (secondary N) is 6. The summed E-state index contributed by atoms with van der Waals surface area (Å²) < 4.78 is 107. The molecule has 14 rings (SSSR count). The van der Waals surface area contributed by atoms with Crippen LogP contribution in [0, 0.1) is 0 Å². The van der Waals surface area contributed by atoms with Crippen LogP contribution in [-0.2, 0) is 68.5 Å². The number of nitrogens with zero attached hydrogens (tertiary/aromatic N) is 13. The monoisotopic (exact) mass is 2060 g/mol. The van der Waals surface area contributed by atoms with Gasteiger partial charge in [-0.2, -0.15) is 15.0 Å². The van der Waals surface area contributed by atoms with Gasteiger partial charge in [-0.3, -0.25) is 14.7 Å². The Balaban J connectivity index is 0.000000193. The number of hydrogen-bond acceptors (Lipinski definition) is 31. The molecule has 724 valence electrons. The first-order chi connectivity index (χ1) is 63.9. The van der Waals surface area contributed by atoms with Crippen molar-refractivity contribution in [2.45, 2.75) is 120 Å². The molecule has 0 spiro atoms. The van der Waals surface area contributed by atoms with E-state index in [2.05, 4.69) is 111 Å². The highest BCUT2D eigenvalue weighted by Gasteiger charge is 2.30. The number of piperazine rings is 3. The molecule has 0 atom stereocenters. The average molecular weight is 2070 g/mol. The number of carbonyl (C=O) groups excluding carboxylic acids is 2. The molecule has 11 aromatic rings. The second-order valence-electron chi connectivity index (χ2n) is 32.3. The Kier molecular flexibility index (Phi) is 40.6. The molecule has 0 radical (unpaired) electrons. The molecule has 0 saturated carbocycles. The van der Waals surface area contributed by atoms with Gasteiger partial charge in [-0.1, -0.05) is 171 Å². The fourth-order valence-electron chi connectivity index (χ4n) is 12.8. The van der Waals surface area contributed by atoms with Crippen molar-refractivity contribution >= 4 is 202 Å². The van der Waals surface area contributed by atoms with Crippen LogP contribution >= 0.6 is 81.2 Å². The highest BCUT2D eigenvalue weighted by atomic mass is 35.5. The summed E-state index contributed by atoms with van der Waals surface area (Å²) in [4.78, 5) is 67.9. The summed E-state index contributed by atoms with van der Waals surface area (Å²) in [5.74, 6) is 1.61. The fourth-order valence-corrected chi connectivity index (χ4v) is 17.9. The predicted molar refractivity (Wildman–Crippen MR) is 539 cm³/mol. The number of nitrogens with two attached hydrogens (primary N) is 2. The second kappa shape index (κ2) is 50.7. The number of sulfone groups is 4. The summed E-state index contributed by atoms with van der Waals surface area (Å²) in [5.41, 5.74) is 17.9. The van der Waals surface area contributed by atoms with Gasteiger partial charge in [0.05, 0.1) is 95.2 Å². The zero-order valence-electron chi connectivity index (χ0n) is 76.1. The lowest BCUT2D eigenvalue weighted by atomic mass is 10.2. The minimum atomic E-state index is -3.44. The molecule has 33 nitrogen and oxygen atoms in total. The number of ether oxygens (including phenoxy) is 2. The van der Waals surface area contributed by atoms with E-state index in [-0.39, 0.29) is 91.4 Å². The van der Waals surface area contributed by atoms with Gasteiger partial charge in [-0.05, 0) is 166 Å². The van der Waals surface area contributed by atoms with Gasteiger partial charge >= 0.3 is 12.2 Å². The van der Waals surface area contributed by atoms with Crippen LogP contribution in [0.3, 0.4) is 0 Å². The van der Waals surface area contributed by atoms with E-state index in [4.69, 9.17) is 102 Å². The Bertz CT molecular complexity index is 6270. The van der Waals surface area contributed by atoms with Crippen LogP contribution in [0.4, 0.5) is 78.8 Å². The number of nitrogen functional groups attached to an aromatic ring is 2. The Morgan fingerprint density at radius 3 is 1.01 bits per heavy atom. The predicted octanol–water partition coefficient (Wildman–Crippen LogP) is 18.4. The summed E-state index contributed by atoms with van der Waals surface area (Å²) in [6.45, 7) is 30.4. The quantitative estimate of drug-likeness (QED) is 0.0158. The van der Waals surface area contributed by atoms with Crippen LogP contribution < -0.4 is 43.4 Å². The summed E-state index contributed by atoms with van der Waals surface area (Å²) in [6.07, 6.45) is 5.15. The van der Waals surface area contributed by atoms with Gasteiger partial charge in [0.25, 0.3) is 0 Å². The number of amides is 2. The molecule has 3 fully saturated rings. The maximum Gasteiger partial charge on any atom is 0.410 e. The largest absolute Gasteiger partial charge is 0.444 e. The van der Waals surface area contributed by atoms with Gasteiger partial charge in [0.2, 0.25) is 22.5 Å². The summed E-state index contributed by atoms with van der Waals surface area (Å²) in [7, 11) is -13.4. The van der Waals surface area contributed by atoms with Crippen molar-refractivity contribution in [3.05, 3.63) is 247 Å². The van der Waals surface area contributed by atoms with E-state index in [1.807, 2.05) is 90.1 Å². The highest BCUT2D eigenvalue weighted by molar-refractivity contribution is 7.92. The fraction of sp³-hybridized carbons (Fsp3) is 0.341. The Labute approximate surface area is 824 Å². The van der Waals surface area contributed by atoms with Gasteiger partial charge < -0.3 is 62.6 Å². The first-order valence-corrected chi connectivity index (χ1v) is 52.0. The third-order valence-electron chi connectivity index (χ3n) is 20.0. The molecule has 3 aliphatic heterocycles. The first kappa shape index (κ1) is 108. The summed E-state index contributed by atoms with van der Waals surface area (Å²) in [6, 6.07) is 50.4. The van der Waals surface area contributed by atoms with Crippen LogP contribution in [0.25, 0.3) is 0 Å². The summed E-state index contributed by atoms with van der Waals surface area (Å²) >= 11 is 40.5. The Morgan fingerprint density at radius 1 is 0.370 bits per heavy atom. The zero-order chi connectivity index (χ0) is 98.4. The van der Waals surface area contributed by atoms with Crippen molar-refractivity contribution in [3.63, 3.8) is 0 Å². The minimum Gasteiger partial charge on any atom is -0.444 e. The van der Waals surface area contributed by atoms with E-state index in [1.165, 1.54) is 48.0 Å². The maximum atomic E-state index is 12.5. The molecular weight excluding hydrogens is 1960 g/mol. The number of hydrogen-bond donors (Lipinski definition) is 8. The number of benzene rings is 7. The molecular formula is C91H110Cl7N21O12S4. The van der Waals surface area contributed by atoms with Crippen molar-refractivity contribution < 1.29 is 52.7 Å². The van der Waals surface area contributed by atoms with E-state index in [0.29, 0.717) is 77.5 Å². The smallest absolute Gasteiger partial charge is 0.410 e. The van der Waals surface area contributed by atoms with Gasteiger partial charge in [0, 0.05) is 115 Å². The van der Waals surface area contributed by atoms with Crippen molar-refractivity contribution in [1.29, 1.82) is 0 Å². The molecule has 2 amide bonds. The third kappa shape index (κ3) is 34.7. The Hall–Kier alpha value is -10.3. The van der Waals surface area contributed by atoms with E-state index in [0.717, 1.165) is 94.6 Å². The lowest BCUT2D eigenvalue weighted by Crippen LogP contribution is -2.49. The number of para-hydroxylation sites is 4. The van der Waals surface area contributed by atoms with Crippen molar-refractivity contribution in [2.24, 2.45) is 0 Å². The van der Waals surface area contributed by atoms with Gasteiger partial charge in [-0.15, -0.1) is 0 Å². The summed E-state index contributed by atoms with van der Waals surface area (Å²) in [5, 5.41) is 20.1. The molecule has 4 aromatic heterocycles. The van der Waals surface area contributed by atoms with Crippen molar-refractivity contribution in [3.8, 4) is 0 Å². The molecule has 0 bridgehead atoms. The second-order valence-corrected chi connectivity index (χ2v) is 44.0. The zero-order valence-corrected chi connectivity index (χ0v) is 84.6. The van der Waals surface area contributed by atoms with Crippen LogP contribution in [0.2, 0.25) is 35.8 Å². The highest BCUT2D eigenvalue weighted by Crippen LogP contribution is 2.35. The first-order valence-electron chi connectivity index (χ1n) is 42.7. The van der Waals surface area contributed by atoms with Crippen molar-refractivity contribution in [1.82, 2.24) is 69.7 Å². The number of carbonyl (C=O) groups is 2. The van der Waals surface area contributed by atoms with Crippen molar-refractivity contribution in [2.75, 3.05) is 140 Å². The van der Waals surface area contributed by atoms with Gasteiger partial charge in [0.1, 0.15) is 26.3 Å². The SMILES string of the molecule is CC(C)(C)OC(=O)N1CCN(Cc2ccc(N)cc2)CC1.CCS(=O)(=O)c1ccccc1N.CCS(=O)(=O)c1ccccc1Nc1nc(Cl)ncc1Cl.CCS(=O)(=O)c1ccccc1Nc1nc(Nc2ccc(CN3CCN(C(=O)OC(C)(C)C)CC3)cc2)ncc1Cl.CCS(=O)(=O)c1ccccc1Nc1nc(Nc2ccc(CN3CCNCC3)cc2)ncc1Cl.Clc1ncc(Cl)c(Cl)n1. The van der Waals surface area contributed by atoms with Crippen LogP contribution in [-0.4, -0.2) is 223 Å². The number of anilines is 12. The van der Waals surface area contributed by atoms with Crippen LogP contribution in [0.15, 0.2) is 214 Å². The molecule has 7 aromatic carbocycles. The molecule has 7 heterocycles. The van der Waals surface area contributed by atoms with E-state index in [9.17, 15) is 43.3 Å². The average Bonchev–Trinajstić information content (AvgIpc) is 0.811. The van der Waals surface area contributed by atoms with Gasteiger partial charge in [-0.25, -0.2) is 68.2 Å². The van der Waals surface area contributed by atoms with Crippen LogP contribution in [0.5, 0.6) is 0 Å². The number of halogens is 7. The number of aromatic nitrogens is 8. The standard InChI is InChI=1S/C28H35ClN6O4S.C23H27ClN6O2S.C16H25N3O2.C12H11Cl2N3O2S.C8H11NO2S.C4HCl3N2/c1-5-40(37,38)24-9-7-6-8-23(24)32-25-22(29)18-30-26(33-25)31-21-12-10-20(11-13-21)19-34-14-16-35(17-15-34)27(36)39-28(2,3)4;1-2-33(31,32)21-6-4-3-5-20(21)28-22-19(24)15-26-23(29-22)27-18-9-7-17(8-10-18)16-30-13-11-25-12-14-30;1-16(2,3)21-15(20)19-10-8-18(9-11-19)12-13-4-6-14(17)7-5-13;1-2-20(18,19)10-6-4-3-5-9(10)16-11-8(13)7-15-12(14)17-11;1-2-12(10,11)8-6-4-3-5-7(8)9;5-2-1-8-4(7)9-3(2)6/h6-13,18H,5,14-17,19H2,1-4H3,(H2,30,31,32,33);3-10,15,25H,2,11-14,16H2,1H3,(H2,26,27,28,29);4-7H,8-12,17H2,1-3H3;3-7H,2H2,1H3,(H,15,16,17);3-6H,2,9H2,1H3;1H. The maximum absolute atomic E-state index is 12.5. The normalized spacial score (nSPS) is 13.9. The molecule has 0 unspecified atom stereocenters. The molecule has 3 saturated heterocycles. The van der Waals surface area contributed by atoms with Crippen LogP contribution in [0.1, 0.15) is 85.9 Å².